The fourth-order valence-electron chi connectivity index (χ4n) is 2.29. The van der Waals surface area contributed by atoms with E-state index in [0.29, 0.717) is 6.04 Å². The number of benzene rings is 1. The lowest BCUT2D eigenvalue weighted by Gasteiger charge is -2.31. The van der Waals surface area contributed by atoms with E-state index in [2.05, 4.69) is 28.3 Å². The van der Waals surface area contributed by atoms with Crippen LogP contribution in [-0.2, 0) is 6.54 Å². The van der Waals surface area contributed by atoms with Gasteiger partial charge in [-0.15, -0.1) is 6.42 Å². The lowest BCUT2D eigenvalue weighted by molar-refractivity contribution is 0.217. The second kappa shape index (κ2) is 6.80. The van der Waals surface area contributed by atoms with Gasteiger partial charge in [-0.1, -0.05) is 29.7 Å². The molecule has 1 N–H and O–H groups in total. The summed E-state index contributed by atoms with van der Waals surface area (Å²) < 4.78 is 0. The molecule has 0 bridgehead atoms. The largest absolute Gasteiger partial charge is 0.310 e. The third-order valence-corrected chi connectivity index (χ3v) is 3.66. The molecule has 0 amide bonds. The van der Waals surface area contributed by atoms with E-state index in [1.165, 1.54) is 18.4 Å². The Morgan fingerprint density at radius 3 is 2.56 bits per heavy atom. The van der Waals surface area contributed by atoms with Gasteiger partial charge in [-0.25, -0.2) is 0 Å². The van der Waals surface area contributed by atoms with Gasteiger partial charge in [-0.2, -0.15) is 0 Å². The lowest BCUT2D eigenvalue weighted by Crippen LogP contribution is -2.42. The molecule has 0 aliphatic carbocycles. The molecule has 0 aromatic heterocycles. The molecule has 0 saturated carbocycles. The van der Waals surface area contributed by atoms with Crippen LogP contribution in [0.4, 0.5) is 0 Å². The third kappa shape index (κ3) is 4.03. The van der Waals surface area contributed by atoms with Gasteiger partial charge in [0.15, 0.2) is 0 Å². The van der Waals surface area contributed by atoms with E-state index < -0.39 is 0 Å². The van der Waals surface area contributed by atoms with Gasteiger partial charge in [0.25, 0.3) is 0 Å². The summed E-state index contributed by atoms with van der Waals surface area (Å²) >= 11 is 5.86. The fourth-order valence-corrected chi connectivity index (χ4v) is 2.41. The molecular weight excluding hydrogens is 244 g/mol. The van der Waals surface area contributed by atoms with Crippen molar-refractivity contribution in [3.63, 3.8) is 0 Å². The van der Waals surface area contributed by atoms with Crippen molar-refractivity contribution in [3.8, 4) is 12.3 Å². The summed E-state index contributed by atoms with van der Waals surface area (Å²) in [5.41, 5.74) is 1.28. The minimum Gasteiger partial charge on any atom is -0.310 e. The second-order valence-corrected chi connectivity index (χ2v) is 5.20. The summed E-state index contributed by atoms with van der Waals surface area (Å²) in [6, 6.07) is 8.63. The number of nitrogens with zero attached hydrogens (tertiary/aromatic N) is 1. The number of likely N-dealkylation sites (tertiary alicyclic amines) is 1. The molecule has 0 atom stereocenters. The lowest BCUT2D eigenvalue weighted by atomic mass is 10.0. The molecule has 0 unspecified atom stereocenters. The molecule has 0 spiro atoms. The smallest absolute Gasteiger partial charge is 0.0598 e. The molecule has 18 heavy (non-hydrogen) atoms. The Balaban J connectivity index is 1.72. The van der Waals surface area contributed by atoms with Crippen LogP contribution in [0.5, 0.6) is 0 Å². The van der Waals surface area contributed by atoms with Crippen LogP contribution in [0.3, 0.4) is 0 Å². The van der Waals surface area contributed by atoms with Gasteiger partial charge in [0.05, 0.1) is 6.54 Å². The number of halogens is 1. The SMILES string of the molecule is C#CCN1CCC(NCc2ccc(Cl)cc2)CC1. The van der Waals surface area contributed by atoms with E-state index in [0.717, 1.165) is 31.2 Å². The van der Waals surface area contributed by atoms with E-state index in [1.807, 2.05) is 12.1 Å². The number of nitrogens with one attached hydrogen (secondary N) is 1. The Kier molecular flexibility index (Phi) is 5.07. The maximum Gasteiger partial charge on any atom is 0.0598 e. The van der Waals surface area contributed by atoms with Gasteiger partial charge in [0, 0.05) is 30.7 Å². The van der Waals surface area contributed by atoms with Crippen LogP contribution >= 0.6 is 11.6 Å². The van der Waals surface area contributed by atoms with Crippen molar-refractivity contribution in [2.45, 2.75) is 25.4 Å². The minimum absolute atomic E-state index is 0.606. The molecule has 2 nitrogen and oxygen atoms in total. The van der Waals surface area contributed by atoms with Crippen molar-refractivity contribution in [1.29, 1.82) is 0 Å². The summed E-state index contributed by atoms with van der Waals surface area (Å²) in [6.07, 6.45) is 7.67. The van der Waals surface area contributed by atoms with E-state index in [4.69, 9.17) is 18.0 Å². The van der Waals surface area contributed by atoms with Gasteiger partial charge in [-0.05, 0) is 30.5 Å². The van der Waals surface area contributed by atoms with Crippen LogP contribution in [-0.4, -0.2) is 30.6 Å². The van der Waals surface area contributed by atoms with Crippen molar-refractivity contribution >= 4 is 11.6 Å². The van der Waals surface area contributed by atoms with Gasteiger partial charge in [0.2, 0.25) is 0 Å². The van der Waals surface area contributed by atoms with Gasteiger partial charge in [-0.3, -0.25) is 4.90 Å². The Hall–Kier alpha value is -1.01. The molecule has 1 aliphatic heterocycles. The Bertz CT molecular complexity index is 399. The quantitative estimate of drug-likeness (QED) is 0.839. The summed E-state index contributed by atoms with van der Waals surface area (Å²) in [5, 5.41) is 4.39. The highest BCUT2D eigenvalue weighted by molar-refractivity contribution is 6.30. The first-order valence-electron chi connectivity index (χ1n) is 6.41. The normalized spacial score (nSPS) is 17.6. The molecular formula is C15H19ClN2. The predicted molar refractivity (Wildman–Crippen MR) is 76.6 cm³/mol. The minimum atomic E-state index is 0.606. The highest BCUT2D eigenvalue weighted by Gasteiger charge is 2.17. The second-order valence-electron chi connectivity index (χ2n) is 4.76. The summed E-state index contributed by atoms with van der Waals surface area (Å²) in [7, 11) is 0. The van der Waals surface area contributed by atoms with Crippen molar-refractivity contribution in [3.05, 3.63) is 34.9 Å². The van der Waals surface area contributed by atoms with Crippen LogP contribution in [0.1, 0.15) is 18.4 Å². The summed E-state index contributed by atoms with van der Waals surface area (Å²) in [4.78, 5) is 2.33. The molecule has 3 heteroatoms. The highest BCUT2D eigenvalue weighted by atomic mass is 35.5. The Labute approximate surface area is 114 Å². The van der Waals surface area contributed by atoms with Crippen LogP contribution in [0.15, 0.2) is 24.3 Å². The zero-order valence-corrected chi connectivity index (χ0v) is 11.3. The van der Waals surface area contributed by atoms with E-state index in [9.17, 15) is 0 Å². The van der Waals surface area contributed by atoms with Crippen LogP contribution in [0, 0.1) is 12.3 Å². The Morgan fingerprint density at radius 1 is 1.28 bits per heavy atom. The maximum atomic E-state index is 5.86. The maximum absolute atomic E-state index is 5.86. The van der Waals surface area contributed by atoms with Crippen molar-refractivity contribution in [2.75, 3.05) is 19.6 Å². The Morgan fingerprint density at radius 2 is 1.94 bits per heavy atom. The molecule has 1 aliphatic rings. The zero-order chi connectivity index (χ0) is 12.8. The molecule has 0 radical (unpaired) electrons. The molecule has 1 saturated heterocycles. The summed E-state index contributed by atoms with van der Waals surface area (Å²) in [5.74, 6) is 2.71. The number of terminal acetylenes is 1. The molecule has 1 aromatic rings. The summed E-state index contributed by atoms with van der Waals surface area (Å²) in [6.45, 7) is 3.89. The topological polar surface area (TPSA) is 15.3 Å². The van der Waals surface area contributed by atoms with Crippen molar-refractivity contribution in [1.82, 2.24) is 10.2 Å². The molecule has 96 valence electrons. The fraction of sp³-hybridized carbons (Fsp3) is 0.467. The van der Waals surface area contributed by atoms with Crippen LogP contribution < -0.4 is 5.32 Å². The average molecular weight is 263 g/mol. The predicted octanol–water partition coefficient (Wildman–Crippen LogP) is 2.53. The number of hydrogen-bond donors (Lipinski definition) is 1. The number of rotatable bonds is 4. The third-order valence-electron chi connectivity index (χ3n) is 3.41. The van der Waals surface area contributed by atoms with Crippen LogP contribution in [0.2, 0.25) is 5.02 Å². The first-order valence-corrected chi connectivity index (χ1v) is 6.79. The van der Waals surface area contributed by atoms with Gasteiger partial charge < -0.3 is 5.32 Å². The first-order chi connectivity index (χ1) is 8.78. The van der Waals surface area contributed by atoms with E-state index in [-0.39, 0.29) is 0 Å². The molecule has 2 rings (SSSR count). The number of hydrogen-bond acceptors (Lipinski definition) is 2. The monoisotopic (exact) mass is 262 g/mol. The zero-order valence-electron chi connectivity index (χ0n) is 10.5. The van der Waals surface area contributed by atoms with Crippen LogP contribution in [0.25, 0.3) is 0 Å². The molecule has 1 fully saturated rings. The van der Waals surface area contributed by atoms with Gasteiger partial charge >= 0.3 is 0 Å². The standard InChI is InChI=1S/C15H19ClN2/c1-2-9-18-10-7-15(8-11-18)17-12-13-3-5-14(16)6-4-13/h1,3-6,15,17H,7-12H2. The van der Waals surface area contributed by atoms with E-state index >= 15 is 0 Å². The van der Waals surface area contributed by atoms with Crippen molar-refractivity contribution < 1.29 is 0 Å². The molecule has 1 aromatic carbocycles. The van der Waals surface area contributed by atoms with Gasteiger partial charge in [0.1, 0.15) is 0 Å². The average Bonchev–Trinajstić information content (AvgIpc) is 2.40. The van der Waals surface area contributed by atoms with E-state index in [1.54, 1.807) is 0 Å². The number of piperidine rings is 1. The highest BCUT2D eigenvalue weighted by Crippen LogP contribution is 2.12. The first kappa shape index (κ1) is 13.4. The molecule has 1 heterocycles. The van der Waals surface area contributed by atoms with Crippen molar-refractivity contribution in [2.24, 2.45) is 0 Å².